The maximum Gasteiger partial charge on any atom is 0.267 e. The lowest BCUT2D eigenvalue weighted by atomic mass is 10.2. The minimum Gasteiger partial charge on any atom is -0.457 e. The van der Waals surface area contributed by atoms with Crippen LogP contribution < -0.4 is 20.3 Å². The van der Waals surface area contributed by atoms with Crippen molar-refractivity contribution in [2.24, 2.45) is 0 Å². The van der Waals surface area contributed by atoms with Crippen molar-refractivity contribution in [2.45, 2.75) is 0 Å². The number of nitrogens with one attached hydrogen (secondary N) is 2. The quantitative estimate of drug-likeness (QED) is 0.432. The molecule has 0 bridgehead atoms. The number of carbonyl (C=O) groups excluding carboxylic acids is 1. The van der Waals surface area contributed by atoms with Gasteiger partial charge in [-0.3, -0.25) is 4.79 Å². The van der Waals surface area contributed by atoms with Gasteiger partial charge in [-0.15, -0.1) is 0 Å². The number of rotatable bonds is 7. The van der Waals surface area contributed by atoms with Crippen LogP contribution in [0.1, 0.15) is 0 Å². The molecule has 6 nitrogen and oxygen atoms in total. The first-order valence-electron chi connectivity index (χ1n) is 9.33. The summed E-state index contributed by atoms with van der Waals surface area (Å²) >= 11 is 0. The van der Waals surface area contributed by atoms with E-state index in [1.54, 1.807) is 24.3 Å². The normalized spacial score (nSPS) is 10.6. The average molecular weight is 398 g/mol. The first-order valence-corrected chi connectivity index (χ1v) is 9.33. The summed E-state index contributed by atoms with van der Waals surface area (Å²) in [6.45, 7) is 0. The number of anilines is 3. The zero-order valence-electron chi connectivity index (χ0n) is 16.8. The minimum atomic E-state index is -0.495. The van der Waals surface area contributed by atoms with Gasteiger partial charge in [-0.05, 0) is 54.6 Å². The molecule has 0 spiro atoms. The van der Waals surface area contributed by atoms with Gasteiger partial charge in [-0.1, -0.05) is 24.3 Å². The zero-order valence-corrected chi connectivity index (χ0v) is 16.8. The Balaban J connectivity index is 1.62. The average Bonchev–Trinajstić information content (AvgIpc) is 2.76. The van der Waals surface area contributed by atoms with Crippen molar-refractivity contribution in [1.29, 1.82) is 5.26 Å². The van der Waals surface area contributed by atoms with Crippen molar-refractivity contribution in [2.75, 3.05) is 29.6 Å². The van der Waals surface area contributed by atoms with Gasteiger partial charge in [0.2, 0.25) is 0 Å². The fourth-order valence-electron chi connectivity index (χ4n) is 2.61. The second kappa shape index (κ2) is 9.80. The van der Waals surface area contributed by atoms with Gasteiger partial charge in [0.1, 0.15) is 23.1 Å². The summed E-state index contributed by atoms with van der Waals surface area (Å²) in [4.78, 5) is 14.4. The van der Waals surface area contributed by atoms with E-state index in [1.165, 1.54) is 6.20 Å². The second-order valence-electron chi connectivity index (χ2n) is 6.65. The number of nitrogens with zero attached hydrogens (tertiary/aromatic N) is 2. The molecule has 0 atom stereocenters. The maximum absolute atomic E-state index is 12.4. The van der Waals surface area contributed by atoms with E-state index in [9.17, 15) is 10.1 Å². The number of nitriles is 1. The fourth-order valence-corrected chi connectivity index (χ4v) is 2.61. The lowest BCUT2D eigenvalue weighted by Crippen LogP contribution is -2.14. The Kier molecular flexibility index (Phi) is 6.70. The first kappa shape index (κ1) is 20.5. The minimum absolute atomic E-state index is 0.0325. The third kappa shape index (κ3) is 5.63. The van der Waals surface area contributed by atoms with Crippen molar-refractivity contribution in [3.05, 3.63) is 90.6 Å². The van der Waals surface area contributed by atoms with Gasteiger partial charge in [0.05, 0.1) is 0 Å². The van der Waals surface area contributed by atoms with Crippen LogP contribution in [-0.2, 0) is 4.79 Å². The molecule has 0 aromatic heterocycles. The van der Waals surface area contributed by atoms with Gasteiger partial charge >= 0.3 is 0 Å². The van der Waals surface area contributed by atoms with Crippen LogP contribution in [0.2, 0.25) is 0 Å². The third-order valence-corrected chi connectivity index (χ3v) is 4.20. The molecule has 2 N–H and O–H groups in total. The van der Waals surface area contributed by atoms with Crippen molar-refractivity contribution in [3.63, 3.8) is 0 Å². The molecule has 0 aliphatic heterocycles. The smallest absolute Gasteiger partial charge is 0.267 e. The van der Waals surface area contributed by atoms with E-state index in [0.717, 1.165) is 17.1 Å². The molecule has 3 aromatic carbocycles. The molecule has 0 heterocycles. The molecule has 1 amide bonds. The van der Waals surface area contributed by atoms with Gasteiger partial charge in [0.25, 0.3) is 5.91 Å². The summed E-state index contributed by atoms with van der Waals surface area (Å²) in [6, 6.07) is 26.0. The highest BCUT2D eigenvalue weighted by Crippen LogP contribution is 2.23. The summed E-state index contributed by atoms with van der Waals surface area (Å²) in [5.41, 5.74) is 2.32. The Morgan fingerprint density at radius 2 is 1.63 bits per heavy atom. The van der Waals surface area contributed by atoms with E-state index in [1.807, 2.05) is 79.7 Å². The summed E-state index contributed by atoms with van der Waals surface area (Å²) in [7, 11) is 3.89. The number of hydrogen-bond donors (Lipinski definition) is 2. The molecule has 0 saturated carbocycles. The zero-order chi connectivity index (χ0) is 21.3. The van der Waals surface area contributed by atoms with Crippen LogP contribution in [0.3, 0.4) is 0 Å². The Labute approximate surface area is 176 Å². The number of amides is 1. The molecule has 0 aliphatic carbocycles. The first-order chi connectivity index (χ1) is 14.5. The molecule has 3 aromatic rings. The Morgan fingerprint density at radius 1 is 0.933 bits per heavy atom. The monoisotopic (exact) mass is 398 g/mol. The molecular formula is C24H22N4O2. The number of benzene rings is 3. The number of carbonyl (C=O) groups is 1. The summed E-state index contributed by atoms with van der Waals surface area (Å²) < 4.78 is 5.73. The Morgan fingerprint density at radius 3 is 2.30 bits per heavy atom. The molecule has 30 heavy (non-hydrogen) atoms. The standard InChI is InChI=1S/C24H22N4O2/c1-28(2)21-8-6-7-20(15-21)26-17-18(16-25)24(29)27-19-11-13-23(14-12-19)30-22-9-4-3-5-10-22/h3-15,17,26H,1-2H3,(H,27,29)/b18-17-. The highest BCUT2D eigenvalue weighted by atomic mass is 16.5. The lowest BCUT2D eigenvalue weighted by Gasteiger charge is -2.13. The Bertz CT molecular complexity index is 1070. The maximum atomic E-state index is 12.4. The molecule has 0 aliphatic rings. The van der Waals surface area contributed by atoms with Crippen molar-refractivity contribution in [1.82, 2.24) is 0 Å². The number of hydrogen-bond acceptors (Lipinski definition) is 5. The van der Waals surface area contributed by atoms with Gasteiger partial charge in [0, 0.05) is 37.4 Å². The van der Waals surface area contributed by atoms with Crippen LogP contribution >= 0.6 is 0 Å². The van der Waals surface area contributed by atoms with Gasteiger partial charge in [0.15, 0.2) is 0 Å². The predicted octanol–water partition coefficient (Wildman–Crippen LogP) is 5.00. The molecule has 150 valence electrons. The molecule has 0 fully saturated rings. The molecule has 3 rings (SSSR count). The van der Waals surface area contributed by atoms with Gasteiger partial charge < -0.3 is 20.3 Å². The number of para-hydroxylation sites is 1. The van der Waals surface area contributed by atoms with E-state index in [-0.39, 0.29) is 5.57 Å². The molecule has 0 unspecified atom stereocenters. The van der Waals surface area contributed by atoms with Crippen LogP contribution in [0.15, 0.2) is 90.6 Å². The fraction of sp³-hybridized carbons (Fsp3) is 0.0833. The molecule has 6 heteroatoms. The second-order valence-corrected chi connectivity index (χ2v) is 6.65. The van der Waals surface area contributed by atoms with Crippen LogP contribution in [-0.4, -0.2) is 20.0 Å². The lowest BCUT2D eigenvalue weighted by molar-refractivity contribution is -0.112. The van der Waals surface area contributed by atoms with Crippen LogP contribution in [0.25, 0.3) is 0 Å². The van der Waals surface area contributed by atoms with Crippen molar-refractivity contribution < 1.29 is 9.53 Å². The SMILES string of the molecule is CN(C)c1cccc(N/C=C(/C#N)C(=O)Nc2ccc(Oc3ccccc3)cc2)c1. The van der Waals surface area contributed by atoms with Crippen LogP contribution in [0, 0.1) is 11.3 Å². The summed E-state index contributed by atoms with van der Waals surface area (Å²) in [5, 5.41) is 15.1. The summed E-state index contributed by atoms with van der Waals surface area (Å²) in [5.74, 6) is 0.886. The van der Waals surface area contributed by atoms with E-state index in [4.69, 9.17) is 4.74 Å². The molecule has 0 radical (unpaired) electrons. The van der Waals surface area contributed by atoms with Crippen LogP contribution in [0.4, 0.5) is 17.1 Å². The van der Waals surface area contributed by atoms with Crippen molar-refractivity contribution >= 4 is 23.0 Å². The van der Waals surface area contributed by atoms with E-state index < -0.39 is 5.91 Å². The highest BCUT2D eigenvalue weighted by molar-refractivity contribution is 6.06. The predicted molar refractivity (Wildman–Crippen MR) is 120 cm³/mol. The Hall–Kier alpha value is -4.24. The van der Waals surface area contributed by atoms with Gasteiger partial charge in [-0.25, -0.2) is 0 Å². The van der Waals surface area contributed by atoms with E-state index in [0.29, 0.717) is 11.4 Å². The third-order valence-electron chi connectivity index (χ3n) is 4.20. The van der Waals surface area contributed by atoms with E-state index >= 15 is 0 Å². The van der Waals surface area contributed by atoms with E-state index in [2.05, 4.69) is 10.6 Å². The van der Waals surface area contributed by atoms with Gasteiger partial charge in [-0.2, -0.15) is 5.26 Å². The van der Waals surface area contributed by atoms with Crippen molar-refractivity contribution in [3.8, 4) is 17.6 Å². The summed E-state index contributed by atoms with van der Waals surface area (Å²) in [6.07, 6.45) is 1.40. The topological polar surface area (TPSA) is 77.4 Å². The largest absolute Gasteiger partial charge is 0.457 e. The number of ether oxygens (including phenoxy) is 1. The van der Waals surface area contributed by atoms with Crippen LogP contribution in [0.5, 0.6) is 11.5 Å². The molecular weight excluding hydrogens is 376 g/mol. The highest BCUT2D eigenvalue weighted by Gasteiger charge is 2.10. The molecule has 0 saturated heterocycles.